The maximum atomic E-state index is 11.5. The summed E-state index contributed by atoms with van der Waals surface area (Å²) in [5.74, 6) is 0.385. The van der Waals surface area contributed by atoms with Crippen molar-refractivity contribution in [3.05, 3.63) is 35.9 Å². The maximum absolute atomic E-state index is 11.5. The number of hydrogen-bond acceptors (Lipinski definition) is 6. The van der Waals surface area contributed by atoms with E-state index >= 15 is 0 Å². The zero-order valence-corrected chi connectivity index (χ0v) is 12.6. The van der Waals surface area contributed by atoms with Crippen LogP contribution >= 0.6 is 11.8 Å². The molecule has 2 atom stereocenters. The highest BCUT2D eigenvalue weighted by Crippen LogP contribution is 2.33. The van der Waals surface area contributed by atoms with Crippen LogP contribution in [0.5, 0.6) is 0 Å². The first-order valence-corrected chi connectivity index (χ1v) is 9.04. The average Bonchev–Trinajstić information content (AvgIpc) is 2.90. The first-order valence-electron chi connectivity index (χ1n) is 6.34. The topological polar surface area (TPSA) is 70.9 Å². The Balaban J connectivity index is 1.66. The lowest BCUT2D eigenvalue weighted by Crippen LogP contribution is -2.17. The van der Waals surface area contributed by atoms with E-state index in [4.69, 9.17) is 0 Å². The molecule has 1 fully saturated rings. The molecule has 0 aliphatic carbocycles. The second-order valence-electron chi connectivity index (χ2n) is 4.91. The lowest BCUT2D eigenvalue weighted by atomic mass is 10.1. The minimum Gasteiger partial charge on any atom is -0.256 e. The molecule has 20 heavy (non-hydrogen) atoms. The third-order valence-electron chi connectivity index (χ3n) is 3.33. The van der Waals surface area contributed by atoms with E-state index < -0.39 is 9.84 Å². The van der Waals surface area contributed by atoms with Gasteiger partial charge in [-0.1, -0.05) is 42.1 Å². The molecule has 1 N–H and O–H groups in total. The fourth-order valence-electron chi connectivity index (χ4n) is 2.29. The van der Waals surface area contributed by atoms with Crippen LogP contribution in [0.1, 0.15) is 12.5 Å². The van der Waals surface area contributed by atoms with Crippen LogP contribution in [0.3, 0.4) is 0 Å². The monoisotopic (exact) mass is 309 g/mol. The van der Waals surface area contributed by atoms with Crippen molar-refractivity contribution in [2.75, 3.05) is 11.5 Å². The van der Waals surface area contributed by atoms with E-state index in [2.05, 4.69) is 15.5 Å². The van der Waals surface area contributed by atoms with Gasteiger partial charge in [-0.05, 0) is 12.5 Å². The summed E-state index contributed by atoms with van der Waals surface area (Å²) in [5, 5.41) is 5.07. The minimum atomic E-state index is -2.89. The average molecular weight is 309 g/mol. The number of nitrogens with one attached hydrogen (secondary N) is 1. The first kappa shape index (κ1) is 13.6. The largest absolute Gasteiger partial charge is 0.256 e. The summed E-state index contributed by atoms with van der Waals surface area (Å²) < 4.78 is 22.9. The molecule has 0 amide bonds. The number of nitrogens with zero attached hydrogens (tertiary/aromatic N) is 2. The first-order chi connectivity index (χ1) is 9.53. The Morgan fingerprint density at radius 2 is 2.10 bits per heavy atom. The van der Waals surface area contributed by atoms with Crippen molar-refractivity contribution in [3.8, 4) is 0 Å². The van der Waals surface area contributed by atoms with Gasteiger partial charge in [0, 0.05) is 5.25 Å². The summed E-state index contributed by atoms with van der Waals surface area (Å²) in [6.45, 7) is 1.92. The lowest BCUT2D eigenvalue weighted by Gasteiger charge is -2.04. The van der Waals surface area contributed by atoms with Gasteiger partial charge >= 0.3 is 0 Å². The van der Waals surface area contributed by atoms with E-state index in [0.717, 1.165) is 11.3 Å². The van der Waals surface area contributed by atoms with Gasteiger partial charge in [0.1, 0.15) is 0 Å². The Labute approximate surface area is 122 Å². The molecule has 3 rings (SSSR count). The standard InChI is InChI=1S/C13H15N3O2S2/c1-9(10-5-3-2-4-6-10)15-16-13-14-11-7-20(17,18)8-12(11)19-13/h2-6,11-12H,7-8H2,1H3,(H,14,16)/b15-9+/t11-,12-/m1/s1. The highest BCUT2D eigenvalue weighted by Gasteiger charge is 2.42. The molecule has 0 unspecified atom stereocenters. The van der Waals surface area contributed by atoms with Gasteiger partial charge in [-0.25, -0.2) is 8.42 Å². The molecule has 0 bridgehead atoms. The van der Waals surface area contributed by atoms with Crippen molar-refractivity contribution >= 4 is 32.5 Å². The lowest BCUT2D eigenvalue weighted by molar-refractivity contribution is 0.601. The van der Waals surface area contributed by atoms with Gasteiger partial charge in [0.25, 0.3) is 0 Å². The van der Waals surface area contributed by atoms with Gasteiger partial charge in [0.05, 0.1) is 23.3 Å². The molecule has 2 heterocycles. The number of hydrazone groups is 1. The molecular weight excluding hydrogens is 294 g/mol. The number of rotatable bonds is 2. The summed E-state index contributed by atoms with van der Waals surface area (Å²) in [7, 11) is -2.89. The van der Waals surface area contributed by atoms with Crippen LogP contribution in [0, 0.1) is 0 Å². The fourth-order valence-corrected chi connectivity index (χ4v) is 5.88. The Morgan fingerprint density at radius 3 is 2.80 bits per heavy atom. The summed E-state index contributed by atoms with van der Waals surface area (Å²) in [4.78, 5) is 4.39. The van der Waals surface area contributed by atoms with Gasteiger partial charge in [0.15, 0.2) is 15.0 Å². The van der Waals surface area contributed by atoms with Crippen LogP contribution in [0.2, 0.25) is 0 Å². The van der Waals surface area contributed by atoms with E-state index in [0.29, 0.717) is 5.17 Å². The van der Waals surface area contributed by atoms with Crippen molar-refractivity contribution < 1.29 is 8.42 Å². The summed E-state index contributed by atoms with van der Waals surface area (Å²) in [6.07, 6.45) is 0. The molecule has 1 aromatic rings. The Kier molecular flexibility index (Phi) is 3.55. The van der Waals surface area contributed by atoms with E-state index in [1.165, 1.54) is 11.8 Å². The van der Waals surface area contributed by atoms with Gasteiger partial charge in [-0.2, -0.15) is 5.10 Å². The molecule has 0 saturated carbocycles. The fraction of sp³-hybridized carbons (Fsp3) is 0.385. The molecule has 106 valence electrons. The number of hydrogen-bond donors (Lipinski definition) is 1. The predicted octanol–water partition coefficient (Wildman–Crippen LogP) is 1.27. The normalized spacial score (nSPS) is 28.1. The van der Waals surface area contributed by atoms with E-state index in [-0.39, 0.29) is 22.8 Å². The number of amidine groups is 1. The number of sulfone groups is 1. The highest BCUT2D eigenvalue weighted by molar-refractivity contribution is 8.15. The number of thioether (sulfide) groups is 1. The molecule has 2 aliphatic rings. The van der Waals surface area contributed by atoms with Crippen molar-refractivity contribution in [2.24, 2.45) is 10.1 Å². The van der Waals surface area contributed by atoms with E-state index in [9.17, 15) is 8.42 Å². The summed E-state index contributed by atoms with van der Waals surface area (Å²) in [6, 6.07) is 9.76. The van der Waals surface area contributed by atoms with Gasteiger partial charge < -0.3 is 0 Å². The highest BCUT2D eigenvalue weighted by atomic mass is 32.2. The van der Waals surface area contributed by atoms with Crippen LogP contribution in [-0.2, 0) is 9.84 Å². The zero-order chi connectivity index (χ0) is 14.2. The van der Waals surface area contributed by atoms with E-state index in [1.807, 2.05) is 37.3 Å². The Bertz CT molecular complexity index is 668. The maximum Gasteiger partial charge on any atom is 0.177 e. The summed E-state index contributed by atoms with van der Waals surface area (Å²) in [5.41, 5.74) is 4.86. The van der Waals surface area contributed by atoms with Gasteiger partial charge in [0.2, 0.25) is 0 Å². The number of benzene rings is 1. The molecule has 2 aliphatic heterocycles. The third-order valence-corrected chi connectivity index (χ3v) is 6.46. The zero-order valence-electron chi connectivity index (χ0n) is 11.0. The van der Waals surface area contributed by atoms with Crippen LogP contribution in [0.4, 0.5) is 0 Å². The quantitative estimate of drug-likeness (QED) is 0.660. The third kappa shape index (κ3) is 2.88. The second kappa shape index (κ2) is 5.21. The SMILES string of the molecule is C/C(=N\NC1=N[C@@H]2CS(=O)(=O)C[C@H]2S1)c1ccccc1. The number of fused-ring (bicyclic) bond motifs is 1. The molecule has 0 spiro atoms. The van der Waals surface area contributed by atoms with Crippen molar-refractivity contribution in [1.82, 2.24) is 5.43 Å². The molecule has 1 aromatic carbocycles. The van der Waals surface area contributed by atoms with Crippen LogP contribution in [-0.4, -0.2) is 42.1 Å². The Morgan fingerprint density at radius 1 is 1.35 bits per heavy atom. The Hall–Kier alpha value is -1.34. The van der Waals surface area contributed by atoms with Crippen molar-refractivity contribution in [2.45, 2.75) is 18.2 Å². The molecule has 1 saturated heterocycles. The second-order valence-corrected chi connectivity index (χ2v) is 8.29. The van der Waals surface area contributed by atoms with Crippen molar-refractivity contribution in [3.63, 3.8) is 0 Å². The molecular formula is C13H15N3O2S2. The molecule has 0 radical (unpaired) electrons. The molecule has 7 heteroatoms. The van der Waals surface area contributed by atoms with Gasteiger partial charge in [-0.3, -0.25) is 10.4 Å². The van der Waals surface area contributed by atoms with Crippen LogP contribution < -0.4 is 5.43 Å². The smallest absolute Gasteiger partial charge is 0.177 e. The molecule has 5 nitrogen and oxygen atoms in total. The van der Waals surface area contributed by atoms with Crippen LogP contribution in [0.15, 0.2) is 40.4 Å². The minimum absolute atomic E-state index is 0.0507. The molecule has 0 aromatic heterocycles. The number of aliphatic imine (C=N–C) groups is 1. The van der Waals surface area contributed by atoms with Crippen LogP contribution in [0.25, 0.3) is 0 Å². The van der Waals surface area contributed by atoms with Gasteiger partial charge in [-0.15, -0.1) is 0 Å². The predicted molar refractivity (Wildman–Crippen MR) is 83.0 cm³/mol. The summed E-state index contributed by atoms with van der Waals surface area (Å²) >= 11 is 1.47. The van der Waals surface area contributed by atoms with Crippen molar-refractivity contribution in [1.29, 1.82) is 0 Å². The van der Waals surface area contributed by atoms with E-state index in [1.54, 1.807) is 0 Å².